The van der Waals surface area contributed by atoms with E-state index in [0.717, 1.165) is 0 Å². The number of Topliss-reactive ketones (excluding diaryl/α,β-unsaturated/α-hetero) is 2. The number of carbonyl (C=O) groups is 2. The average molecular weight is 269 g/mol. The molecule has 3 aromatic rings. The molecule has 0 N–H and O–H groups in total. The summed E-state index contributed by atoms with van der Waals surface area (Å²) in [5, 5.41) is 7.97. The van der Waals surface area contributed by atoms with Gasteiger partial charge in [0.05, 0.1) is 29.9 Å². The third-order valence-electron chi connectivity index (χ3n) is 3.05. The summed E-state index contributed by atoms with van der Waals surface area (Å²) in [6, 6.07) is 1.59. The highest BCUT2D eigenvalue weighted by atomic mass is 16.1. The highest BCUT2D eigenvalue weighted by Gasteiger charge is 2.19. The molecule has 0 saturated carbocycles. The van der Waals surface area contributed by atoms with Gasteiger partial charge in [0.1, 0.15) is 5.69 Å². The number of fused-ring (bicyclic) bond motifs is 1. The van der Waals surface area contributed by atoms with Crippen molar-refractivity contribution in [2.45, 2.75) is 6.42 Å². The van der Waals surface area contributed by atoms with Gasteiger partial charge in [-0.2, -0.15) is 10.2 Å². The number of hydrogen-bond acceptors (Lipinski definition) is 5. The molecule has 0 unspecified atom stereocenters. The molecule has 0 fully saturated rings. The zero-order valence-electron chi connectivity index (χ0n) is 10.7. The van der Waals surface area contributed by atoms with Crippen LogP contribution in [-0.2, 0) is 7.05 Å². The second-order valence-electron chi connectivity index (χ2n) is 4.33. The molecule has 0 aliphatic carbocycles. The molecule has 0 radical (unpaired) electrons. The van der Waals surface area contributed by atoms with Crippen LogP contribution in [0.3, 0.4) is 0 Å². The zero-order valence-corrected chi connectivity index (χ0v) is 10.7. The number of aromatic nitrogens is 5. The highest BCUT2D eigenvalue weighted by molar-refractivity contribution is 6.15. The van der Waals surface area contributed by atoms with Crippen LogP contribution >= 0.6 is 0 Å². The topological polar surface area (TPSA) is 82.1 Å². The first kappa shape index (κ1) is 12.2. The van der Waals surface area contributed by atoms with Crippen LogP contribution in [0.15, 0.2) is 37.1 Å². The highest BCUT2D eigenvalue weighted by Crippen LogP contribution is 2.13. The van der Waals surface area contributed by atoms with E-state index < -0.39 is 0 Å². The minimum absolute atomic E-state index is 0.213. The quantitative estimate of drug-likeness (QED) is 0.519. The Morgan fingerprint density at radius 3 is 2.75 bits per heavy atom. The van der Waals surface area contributed by atoms with Crippen LogP contribution in [0.1, 0.15) is 27.3 Å². The van der Waals surface area contributed by atoms with E-state index in [9.17, 15) is 9.59 Å². The van der Waals surface area contributed by atoms with Crippen molar-refractivity contribution >= 4 is 17.1 Å². The van der Waals surface area contributed by atoms with E-state index in [2.05, 4.69) is 15.2 Å². The van der Waals surface area contributed by atoms with Crippen molar-refractivity contribution in [1.82, 2.24) is 24.4 Å². The Bertz CT molecular complexity index is 802. The first-order chi connectivity index (χ1) is 9.66. The molecule has 7 heteroatoms. The van der Waals surface area contributed by atoms with Crippen LogP contribution < -0.4 is 0 Å². The number of rotatable bonds is 4. The third kappa shape index (κ3) is 1.99. The van der Waals surface area contributed by atoms with Crippen molar-refractivity contribution in [2.75, 3.05) is 0 Å². The summed E-state index contributed by atoms with van der Waals surface area (Å²) in [5.41, 5.74) is 1.40. The van der Waals surface area contributed by atoms with E-state index in [-0.39, 0.29) is 18.0 Å². The second kappa shape index (κ2) is 4.69. The first-order valence-corrected chi connectivity index (χ1v) is 5.98. The number of ketones is 2. The minimum atomic E-state index is -0.279. The molecule has 0 aromatic carbocycles. The van der Waals surface area contributed by atoms with Crippen molar-refractivity contribution in [1.29, 1.82) is 0 Å². The van der Waals surface area contributed by atoms with Crippen molar-refractivity contribution in [2.24, 2.45) is 7.05 Å². The summed E-state index contributed by atoms with van der Waals surface area (Å²) < 4.78 is 3.00. The molecule has 0 aliphatic heterocycles. The first-order valence-electron chi connectivity index (χ1n) is 5.98. The van der Waals surface area contributed by atoms with Crippen LogP contribution in [0.4, 0.5) is 0 Å². The van der Waals surface area contributed by atoms with Gasteiger partial charge in [-0.05, 0) is 6.07 Å². The van der Waals surface area contributed by atoms with E-state index >= 15 is 0 Å². The Labute approximate surface area is 113 Å². The maximum Gasteiger partial charge on any atom is 0.188 e. The van der Waals surface area contributed by atoms with Gasteiger partial charge in [0, 0.05) is 25.6 Å². The molecule has 0 spiro atoms. The van der Waals surface area contributed by atoms with Crippen molar-refractivity contribution < 1.29 is 9.59 Å². The maximum atomic E-state index is 12.2. The molecular weight excluding hydrogens is 258 g/mol. The van der Waals surface area contributed by atoms with Crippen molar-refractivity contribution in [3.05, 3.63) is 48.3 Å². The van der Waals surface area contributed by atoms with Gasteiger partial charge in [-0.3, -0.25) is 19.3 Å². The van der Waals surface area contributed by atoms with Gasteiger partial charge in [-0.25, -0.2) is 4.52 Å². The molecule has 0 bridgehead atoms. The molecule has 0 atom stereocenters. The number of aryl methyl sites for hydroxylation is 1. The smallest absolute Gasteiger partial charge is 0.188 e. The standard InChI is InChI=1S/C13H11N5O2/c1-17-10(2-3-15-17)13(20)6-12(19)9-7-16-18-5-4-14-8-11(9)18/h2-5,7-8H,6H2,1H3. The van der Waals surface area contributed by atoms with Crippen LogP contribution in [0.2, 0.25) is 0 Å². The monoisotopic (exact) mass is 269 g/mol. The van der Waals surface area contributed by atoms with Gasteiger partial charge in [-0.15, -0.1) is 0 Å². The lowest BCUT2D eigenvalue weighted by Crippen LogP contribution is -2.12. The van der Waals surface area contributed by atoms with Crippen molar-refractivity contribution in [3.63, 3.8) is 0 Å². The Kier molecular flexibility index (Phi) is 2.86. The zero-order chi connectivity index (χ0) is 14.1. The molecule has 0 saturated heterocycles. The molecule has 0 aliphatic rings. The Balaban J connectivity index is 1.87. The third-order valence-corrected chi connectivity index (χ3v) is 3.05. The summed E-state index contributed by atoms with van der Waals surface area (Å²) in [7, 11) is 1.66. The van der Waals surface area contributed by atoms with E-state index in [4.69, 9.17) is 0 Å². The summed E-state index contributed by atoms with van der Waals surface area (Å²) in [6.45, 7) is 0. The normalized spacial score (nSPS) is 10.8. The van der Waals surface area contributed by atoms with Gasteiger partial charge >= 0.3 is 0 Å². The summed E-state index contributed by atoms with van der Waals surface area (Å²) in [5.74, 6) is -0.544. The van der Waals surface area contributed by atoms with E-state index in [1.54, 1.807) is 36.2 Å². The SMILES string of the molecule is Cn1nccc1C(=O)CC(=O)c1cnn2ccncc12. The van der Waals surface area contributed by atoms with E-state index in [0.29, 0.717) is 16.8 Å². The van der Waals surface area contributed by atoms with Gasteiger partial charge in [0.2, 0.25) is 0 Å². The maximum absolute atomic E-state index is 12.2. The molecule has 20 heavy (non-hydrogen) atoms. The molecular formula is C13H11N5O2. The lowest BCUT2D eigenvalue weighted by molar-refractivity contribution is 0.0890. The molecule has 3 rings (SSSR count). The lowest BCUT2D eigenvalue weighted by Gasteiger charge is -2.00. The molecule has 0 amide bonds. The molecule has 100 valence electrons. The van der Waals surface area contributed by atoms with Crippen LogP contribution in [0, 0.1) is 0 Å². The summed E-state index contributed by atoms with van der Waals surface area (Å²) in [6.07, 6.45) is 7.54. The van der Waals surface area contributed by atoms with Gasteiger partial charge < -0.3 is 0 Å². The fourth-order valence-corrected chi connectivity index (χ4v) is 2.03. The van der Waals surface area contributed by atoms with Crippen molar-refractivity contribution in [3.8, 4) is 0 Å². The fourth-order valence-electron chi connectivity index (χ4n) is 2.03. The Hall–Kier alpha value is -2.83. The Morgan fingerprint density at radius 1 is 1.15 bits per heavy atom. The predicted octanol–water partition coefficient (Wildman–Crippen LogP) is 0.918. The van der Waals surface area contributed by atoms with Gasteiger partial charge in [0.15, 0.2) is 11.6 Å². The summed E-state index contributed by atoms with van der Waals surface area (Å²) >= 11 is 0. The average Bonchev–Trinajstić information content (AvgIpc) is 3.04. The van der Waals surface area contributed by atoms with Gasteiger partial charge in [0.25, 0.3) is 0 Å². The lowest BCUT2D eigenvalue weighted by atomic mass is 10.1. The second-order valence-corrected chi connectivity index (χ2v) is 4.33. The fraction of sp³-hybridized carbons (Fsp3) is 0.154. The predicted molar refractivity (Wildman–Crippen MR) is 69.5 cm³/mol. The Morgan fingerprint density at radius 2 is 2.00 bits per heavy atom. The summed E-state index contributed by atoms with van der Waals surface area (Å²) in [4.78, 5) is 28.2. The number of hydrogen-bond donors (Lipinski definition) is 0. The van der Waals surface area contributed by atoms with E-state index in [1.165, 1.54) is 17.1 Å². The van der Waals surface area contributed by atoms with Crippen LogP contribution in [-0.4, -0.2) is 35.9 Å². The molecule has 3 heterocycles. The van der Waals surface area contributed by atoms with Crippen LogP contribution in [0.25, 0.3) is 5.52 Å². The van der Waals surface area contributed by atoms with Gasteiger partial charge in [-0.1, -0.05) is 0 Å². The molecule has 3 aromatic heterocycles. The largest absolute Gasteiger partial charge is 0.294 e. The number of carbonyl (C=O) groups excluding carboxylic acids is 2. The van der Waals surface area contributed by atoms with Crippen LogP contribution in [0.5, 0.6) is 0 Å². The number of nitrogens with zero attached hydrogens (tertiary/aromatic N) is 5. The molecule has 7 nitrogen and oxygen atoms in total. The van der Waals surface area contributed by atoms with E-state index in [1.807, 2.05) is 0 Å². The minimum Gasteiger partial charge on any atom is -0.294 e.